The number of aliphatic imine (C=N–C) groups is 1. The molecule has 0 radical (unpaired) electrons. The lowest BCUT2D eigenvalue weighted by molar-refractivity contribution is -0.127. The zero-order valence-electron chi connectivity index (χ0n) is 21.5. The predicted octanol–water partition coefficient (Wildman–Crippen LogP) is 4.61. The van der Waals surface area contributed by atoms with Crippen molar-refractivity contribution in [2.45, 2.75) is 63.8 Å². The van der Waals surface area contributed by atoms with Crippen LogP contribution in [0.5, 0.6) is 0 Å². The molecule has 0 aliphatic carbocycles. The molecule has 1 amide bonds. The molecular weight excluding hydrogens is 501 g/mol. The monoisotopic (exact) mass is 532 g/mol. The summed E-state index contributed by atoms with van der Waals surface area (Å²) in [4.78, 5) is 33.6. The Kier molecular flexibility index (Phi) is 8.39. The normalized spacial score (nSPS) is 16.0. The Morgan fingerprint density at radius 1 is 1.21 bits per heavy atom. The lowest BCUT2D eigenvalue weighted by Gasteiger charge is -2.42. The van der Waals surface area contributed by atoms with Gasteiger partial charge in [-0.15, -0.1) is 0 Å². The molecule has 1 aliphatic rings. The number of amides is 1. The Bertz CT molecular complexity index is 1270. The van der Waals surface area contributed by atoms with E-state index in [1.807, 2.05) is 0 Å². The third-order valence-electron chi connectivity index (χ3n) is 6.00. The van der Waals surface area contributed by atoms with Crippen LogP contribution in [0.4, 0.5) is 29.3 Å². The van der Waals surface area contributed by atoms with Gasteiger partial charge in [0.1, 0.15) is 17.0 Å². The zero-order valence-corrected chi connectivity index (χ0v) is 21.5. The number of nitrogens with two attached hydrogens (primary N) is 1. The Morgan fingerprint density at radius 2 is 1.84 bits per heavy atom. The van der Waals surface area contributed by atoms with Crippen molar-refractivity contribution in [3.05, 3.63) is 58.0 Å². The van der Waals surface area contributed by atoms with Crippen molar-refractivity contribution in [1.29, 1.82) is 5.26 Å². The van der Waals surface area contributed by atoms with Gasteiger partial charge in [-0.05, 0) is 57.4 Å². The maximum atomic E-state index is 12.7. The number of carbonyl (C=O) groups excluding carboxylic acids is 1. The Morgan fingerprint density at radius 3 is 2.39 bits per heavy atom. The lowest BCUT2D eigenvalue weighted by atomic mass is 9.84. The molecule has 38 heavy (non-hydrogen) atoms. The number of halogens is 3. The molecule has 0 atom stereocenters. The number of alkyl halides is 3. The highest BCUT2D eigenvalue weighted by Gasteiger charge is 2.38. The molecule has 1 aromatic carbocycles. The molecule has 4 N–H and O–H groups in total. The van der Waals surface area contributed by atoms with E-state index in [2.05, 4.69) is 21.4 Å². The van der Waals surface area contributed by atoms with Gasteiger partial charge in [0.2, 0.25) is 0 Å². The molecule has 0 bridgehead atoms. The van der Waals surface area contributed by atoms with E-state index in [1.54, 1.807) is 31.7 Å². The number of ether oxygens (including phenoxy) is 1. The second-order valence-electron chi connectivity index (χ2n) is 10.3. The summed E-state index contributed by atoms with van der Waals surface area (Å²) >= 11 is 0. The van der Waals surface area contributed by atoms with Crippen LogP contribution in [0.1, 0.15) is 51.2 Å². The molecule has 204 valence electrons. The Balaban J connectivity index is 1.83. The highest BCUT2D eigenvalue weighted by Crippen LogP contribution is 2.32. The van der Waals surface area contributed by atoms with E-state index in [4.69, 9.17) is 10.5 Å². The molecule has 0 unspecified atom stereocenters. The van der Waals surface area contributed by atoms with Crippen LogP contribution in [-0.4, -0.2) is 52.2 Å². The maximum Gasteiger partial charge on any atom is 0.410 e. The molecular formula is C26H31F3N6O3. The van der Waals surface area contributed by atoms with E-state index >= 15 is 0 Å². The number of pyridine rings is 1. The highest BCUT2D eigenvalue weighted by atomic mass is 19.4. The first-order valence-corrected chi connectivity index (χ1v) is 12.1. The van der Waals surface area contributed by atoms with Crippen molar-refractivity contribution in [1.82, 2.24) is 9.88 Å². The number of anilines is 1. The van der Waals surface area contributed by atoms with Gasteiger partial charge in [-0.25, -0.2) is 9.79 Å². The predicted molar refractivity (Wildman–Crippen MR) is 137 cm³/mol. The number of piperidine rings is 1. The number of aromatic nitrogens is 1. The number of likely N-dealkylation sites (tertiary alicyclic amines) is 1. The molecule has 12 heteroatoms. The Labute approximate surface area is 218 Å². The fraction of sp³-hybridized carbons (Fsp3) is 0.462. The first-order chi connectivity index (χ1) is 17.7. The van der Waals surface area contributed by atoms with E-state index in [1.165, 1.54) is 30.5 Å². The molecule has 2 heterocycles. The van der Waals surface area contributed by atoms with Crippen molar-refractivity contribution in [2.24, 2.45) is 10.7 Å². The molecule has 1 saturated heterocycles. The highest BCUT2D eigenvalue weighted by molar-refractivity contribution is 6.03. The van der Waals surface area contributed by atoms with Crippen LogP contribution in [0, 0.1) is 11.3 Å². The molecule has 0 saturated carbocycles. The summed E-state index contributed by atoms with van der Waals surface area (Å²) < 4.78 is 43.3. The molecule has 9 nitrogen and oxygen atoms in total. The minimum Gasteiger partial charge on any atom is -0.444 e. The van der Waals surface area contributed by atoms with E-state index in [9.17, 15) is 28.0 Å². The molecule has 1 fully saturated rings. The van der Waals surface area contributed by atoms with Crippen LogP contribution in [0.15, 0.2) is 46.3 Å². The van der Waals surface area contributed by atoms with Crippen LogP contribution >= 0.6 is 0 Å². The summed E-state index contributed by atoms with van der Waals surface area (Å²) in [6.45, 7) is 6.04. The van der Waals surface area contributed by atoms with Crippen molar-refractivity contribution in [2.75, 3.05) is 18.4 Å². The average molecular weight is 533 g/mol. The summed E-state index contributed by atoms with van der Waals surface area (Å²) in [6.07, 6.45) is -3.44. The van der Waals surface area contributed by atoms with Crippen molar-refractivity contribution in [3.8, 4) is 6.07 Å². The molecule has 1 aromatic heterocycles. The van der Waals surface area contributed by atoms with Gasteiger partial charge in [0.15, 0.2) is 0 Å². The van der Waals surface area contributed by atoms with Crippen molar-refractivity contribution in [3.63, 3.8) is 0 Å². The van der Waals surface area contributed by atoms with Crippen molar-refractivity contribution < 1.29 is 22.7 Å². The SMILES string of the molecule is CC(C)(C)OC(=O)N1CCC(CC#N)(Nc2cc[nH]c(=O)c2C(N)=Nc2ccc(CC(F)(F)F)cc2)CC1. The quantitative estimate of drug-likeness (QED) is 0.367. The van der Waals surface area contributed by atoms with E-state index in [-0.39, 0.29) is 29.1 Å². The van der Waals surface area contributed by atoms with Crippen LogP contribution in [0.25, 0.3) is 0 Å². The summed E-state index contributed by atoms with van der Waals surface area (Å²) in [5.41, 5.74) is 5.03. The van der Waals surface area contributed by atoms with E-state index in [0.717, 1.165) is 0 Å². The summed E-state index contributed by atoms with van der Waals surface area (Å²) in [7, 11) is 0. The average Bonchev–Trinajstić information content (AvgIpc) is 2.79. The number of hydrogen-bond acceptors (Lipinski definition) is 6. The third-order valence-corrected chi connectivity index (χ3v) is 6.00. The topological polar surface area (TPSA) is 137 Å². The Hall–Kier alpha value is -4.01. The largest absolute Gasteiger partial charge is 0.444 e. The number of amidine groups is 1. The third kappa shape index (κ3) is 7.74. The van der Waals surface area contributed by atoms with Crippen LogP contribution < -0.4 is 16.6 Å². The zero-order chi connectivity index (χ0) is 28.1. The molecule has 0 spiro atoms. The van der Waals surface area contributed by atoms with Crippen LogP contribution in [-0.2, 0) is 11.2 Å². The maximum absolute atomic E-state index is 12.7. The van der Waals surface area contributed by atoms with Gasteiger partial charge in [0.05, 0.1) is 35.8 Å². The minimum atomic E-state index is -4.33. The van der Waals surface area contributed by atoms with Crippen LogP contribution in [0.3, 0.4) is 0 Å². The lowest BCUT2D eigenvalue weighted by Crippen LogP contribution is -2.52. The number of hydrogen-bond donors (Lipinski definition) is 3. The van der Waals surface area contributed by atoms with Gasteiger partial charge >= 0.3 is 12.3 Å². The van der Waals surface area contributed by atoms with Gasteiger partial charge in [0.25, 0.3) is 5.56 Å². The van der Waals surface area contributed by atoms with Gasteiger partial charge in [-0.3, -0.25) is 4.79 Å². The summed E-state index contributed by atoms with van der Waals surface area (Å²) in [5, 5.41) is 12.8. The first kappa shape index (κ1) is 28.6. The van der Waals surface area contributed by atoms with Crippen molar-refractivity contribution >= 4 is 23.3 Å². The van der Waals surface area contributed by atoms with Gasteiger partial charge in [-0.1, -0.05) is 12.1 Å². The van der Waals surface area contributed by atoms with Gasteiger partial charge in [0, 0.05) is 19.3 Å². The van der Waals surface area contributed by atoms with Crippen LogP contribution in [0.2, 0.25) is 0 Å². The number of nitrogens with zero attached hydrogens (tertiary/aromatic N) is 3. The number of aromatic amines is 1. The molecule has 2 aromatic rings. The van der Waals surface area contributed by atoms with Gasteiger partial charge < -0.3 is 25.7 Å². The summed E-state index contributed by atoms with van der Waals surface area (Å²) in [5.74, 6) is -0.142. The number of rotatable bonds is 6. The van der Waals surface area contributed by atoms with Gasteiger partial charge in [-0.2, -0.15) is 18.4 Å². The number of benzene rings is 1. The summed E-state index contributed by atoms with van der Waals surface area (Å²) in [6, 6.07) is 9.16. The molecule has 3 rings (SSSR count). The standard InChI is InChI=1S/C26H31F3N6O3/c1-24(2,3)38-23(37)35-14-10-25(9-12-30,11-15-35)34-19-8-13-32-22(36)20(19)21(31)33-18-6-4-17(5-7-18)16-26(27,28)29/h4-8,13H,9-11,14-16H2,1-3H3,(H2,31,33)(H2,32,34,36). The molecule has 1 aliphatic heterocycles. The van der Waals surface area contributed by atoms with E-state index < -0.39 is 35.4 Å². The number of carbonyl (C=O) groups is 1. The minimum absolute atomic E-state index is 0.0405. The first-order valence-electron chi connectivity index (χ1n) is 12.1. The number of H-pyrrole nitrogens is 1. The van der Waals surface area contributed by atoms with E-state index in [0.29, 0.717) is 31.6 Å². The number of nitrogens with one attached hydrogen (secondary N) is 2. The smallest absolute Gasteiger partial charge is 0.410 e. The second-order valence-corrected chi connectivity index (χ2v) is 10.3. The number of nitriles is 1. The fourth-order valence-corrected chi connectivity index (χ4v) is 4.18. The second kappa shape index (κ2) is 11.2. The fourth-order valence-electron chi connectivity index (χ4n) is 4.18.